The zero-order valence-corrected chi connectivity index (χ0v) is 20.5. The molecule has 0 aromatic carbocycles. The van der Waals surface area contributed by atoms with Crippen LogP contribution in [0, 0.1) is 0 Å². The first-order valence-electron chi connectivity index (χ1n) is 11.4. The number of nitrogens with one attached hydrogen (secondary N) is 1. The van der Waals surface area contributed by atoms with E-state index in [1.165, 1.54) is 37.9 Å². The monoisotopic (exact) mass is 481 g/mol. The van der Waals surface area contributed by atoms with E-state index in [2.05, 4.69) is 24.4 Å². The first kappa shape index (κ1) is 30.7. The summed E-state index contributed by atoms with van der Waals surface area (Å²) in [6, 6.07) is -1.07. The molecule has 0 unspecified atom stereocenters. The lowest BCUT2D eigenvalue weighted by atomic mass is 10.1. The normalized spacial score (nSPS) is 14.9. The van der Waals surface area contributed by atoms with Gasteiger partial charge in [0.1, 0.15) is 6.04 Å². The van der Waals surface area contributed by atoms with Gasteiger partial charge in [-0.15, -0.1) is 11.8 Å². The molecule has 0 aliphatic rings. The molecule has 0 heterocycles. The predicted octanol–water partition coefficient (Wildman–Crippen LogP) is 4.49. The largest absolute Gasteiger partial charge is 0.481 e. The molecule has 1 amide bonds. The molecular formula is C25H39NO6S. The van der Waals surface area contributed by atoms with E-state index in [0.717, 1.165) is 12.8 Å². The Morgan fingerprint density at radius 2 is 1.70 bits per heavy atom. The second-order valence-corrected chi connectivity index (χ2v) is 8.85. The lowest BCUT2D eigenvalue weighted by molar-refractivity contribution is -0.140. The molecule has 0 radical (unpaired) electrons. The number of hydrogen-bond acceptors (Lipinski definition) is 5. The summed E-state index contributed by atoms with van der Waals surface area (Å²) in [7, 11) is 0. The van der Waals surface area contributed by atoms with E-state index in [4.69, 9.17) is 5.11 Å². The number of carbonyl (C=O) groups is 3. The summed E-state index contributed by atoms with van der Waals surface area (Å²) < 4.78 is 0. The van der Waals surface area contributed by atoms with Crippen LogP contribution in [-0.2, 0) is 14.4 Å². The fourth-order valence-corrected chi connectivity index (χ4v) is 4.01. The third-order valence-corrected chi connectivity index (χ3v) is 5.97. The van der Waals surface area contributed by atoms with Crippen molar-refractivity contribution in [1.82, 2.24) is 5.32 Å². The third-order valence-electron chi connectivity index (χ3n) is 4.58. The number of unbranched alkanes of at least 4 members (excludes halogenated alkanes) is 3. The quantitative estimate of drug-likeness (QED) is 0.122. The summed E-state index contributed by atoms with van der Waals surface area (Å²) in [5.41, 5.74) is 0. The Bertz CT molecular complexity index is 686. The van der Waals surface area contributed by atoms with Gasteiger partial charge < -0.3 is 20.6 Å². The van der Waals surface area contributed by atoms with Crippen LogP contribution in [0.1, 0.15) is 65.2 Å². The van der Waals surface area contributed by atoms with Crippen LogP contribution in [0.3, 0.4) is 0 Å². The number of rotatable bonds is 19. The van der Waals surface area contributed by atoms with Crippen molar-refractivity contribution in [2.24, 2.45) is 0 Å². The molecule has 33 heavy (non-hydrogen) atoms. The van der Waals surface area contributed by atoms with E-state index >= 15 is 0 Å². The molecule has 0 rings (SSSR count). The van der Waals surface area contributed by atoms with Gasteiger partial charge in [-0.05, 0) is 32.1 Å². The maximum Gasteiger partial charge on any atom is 0.327 e. The van der Waals surface area contributed by atoms with Gasteiger partial charge in [0.25, 0.3) is 0 Å². The van der Waals surface area contributed by atoms with Crippen molar-refractivity contribution in [3.8, 4) is 0 Å². The molecule has 7 nitrogen and oxygen atoms in total. The summed E-state index contributed by atoms with van der Waals surface area (Å²) in [5.74, 6) is -2.44. The lowest BCUT2D eigenvalue weighted by Gasteiger charge is -2.21. The Balaban J connectivity index is 4.78. The fourth-order valence-electron chi connectivity index (χ4n) is 2.81. The van der Waals surface area contributed by atoms with Crippen LogP contribution in [0.15, 0.2) is 48.6 Å². The number of allylic oxidation sites excluding steroid dienone is 7. The molecule has 8 heteroatoms. The average molecular weight is 482 g/mol. The number of carbonyl (C=O) groups excluding carboxylic acids is 1. The zero-order valence-electron chi connectivity index (χ0n) is 19.7. The van der Waals surface area contributed by atoms with Crippen LogP contribution in [-0.4, -0.2) is 56.3 Å². The standard InChI is InChI=1S/C25H39NO6S/c1-3-4-5-6-7-8-9-10-11-12-13-14-17-23(22(28)16-15-18-24(29)30)33-19-21(25(31)32)26-20(2)27/h7-8,10-14,17,21-23,28H,3-6,9,15-16,18-19H2,1-2H3,(H,26,27)(H,29,30)(H,31,32)/b8-7-,11-10-,13-12+,17-14+/t21-,22+,23-/m0/s1. The lowest BCUT2D eigenvalue weighted by Crippen LogP contribution is -2.42. The third kappa shape index (κ3) is 18.9. The van der Waals surface area contributed by atoms with Crippen molar-refractivity contribution in [2.45, 2.75) is 82.6 Å². The Hall–Kier alpha value is -2.32. The first-order valence-corrected chi connectivity index (χ1v) is 12.5. The number of amides is 1. The highest BCUT2D eigenvalue weighted by atomic mass is 32.2. The number of thioether (sulfide) groups is 1. The number of carboxylic acid groups (broad SMARTS) is 2. The van der Waals surface area contributed by atoms with Crippen LogP contribution in [0.2, 0.25) is 0 Å². The van der Waals surface area contributed by atoms with Crippen LogP contribution >= 0.6 is 11.8 Å². The van der Waals surface area contributed by atoms with Gasteiger partial charge in [0, 0.05) is 24.3 Å². The molecule has 0 saturated heterocycles. The van der Waals surface area contributed by atoms with Gasteiger partial charge in [0.2, 0.25) is 5.91 Å². The number of aliphatic hydroxyl groups is 1. The summed E-state index contributed by atoms with van der Waals surface area (Å²) in [5, 5.41) is 30.5. The topological polar surface area (TPSA) is 124 Å². The summed E-state index contributed by atoms with van der Waals surface area (Å²) in [4.78, 5) is 33.3. The van der Waals surface area contributed by atoms with E-state index in [1.807, 2.05) is 24.3 Å². The van der Waals surface area contributed by atoms with Crippen LogP contribution in [0.5, 0.6) is 0 Å². The minimum Gasteiger partial charge on any atom is -0.481 e. The smallest absolute Gasteiger partial charge is 0.327 e. The number of aliphatic hydroxyl groups excluding tert-OH is 1. The van der Waals surface area contributed by atoms with E-state index in [9.17, 15) is 24.6 Å². The highest BCUT2D eigenvalue weighted by Gasteiger charge is 2.23. The van der Waals surface area contributed by atoms with Gasteiger partial charge in [-0.3, -0.25) is 9.59 Å². The van der Waals surface area contributed by atoms with Crippen molar-refractivity contribution < 1.29 is 29.7 Å². The first-order chi connectivity index (χ1) is 15.8. The Morgan fingerprint density at radius 1 is 0.970 bits per heavy atom. The maximum absolute atomic E-state index is 11.3. The second-order valence-electron chi connectivity index (χ2n) is 7.64. The van der Waals surface area contributed by atoms with Crippen molar-refractivity contribution in [3.05, 3.63) is 48.6 Å². The van der Waals surface area contributed by atoms with Gasteiger partial charge in [0.05, 0.1) is 6.10 Å². The van der Waals surface area contributed by atoms with Crippen molar-refractivity contribution >= 4 is 29.6 Å². The summed E-state index contributed by atoms with van der Waals surface area (Å²) in [6.07, 6.45) is 20.9. The van der Waals surface area contributed by atoms with Crippen LogP contribution in [0.25, 0.3) is 0 Å². The van der Waals surface area contributed by atoms with Crippen molar-refractivity contribution in [3.63, 3.8) is 0 Å². The van der Waals surface area contributed by atoms with Crippen molar-refractivity contribution in [2.75, 3.05) is 5.75 Å². The highest BCUT2D eigenvalue weighted by molar-refractivity contribution is 8.00. The van der Waals surface area contributed by atoms with Gasteiger partial charge in [-0.1, -0.05) is 68.4 Å². The van der Waals surface area contributed by atoms with Gasteiger partial charge in [0.15, 0.2) is 0 Å². The SMILES string of the molecule is CCCCC/C=C\C\C=C/C=C/C=C/[C@H](SC[C@H](NC(C)=O)C(=O)O)[C@H](O)CCCC(=O)O. The summed E-state index contributed by atoms with van der Waals surface area (Å²) >= 11 is 1.21. The average Bonchev–Trinajstić information content (AvgIpc) is 2.74. The predicted molar refractivity (Wildman–Crippen MR) is 134 cm³/mol. The molecule has 0 aromatic rings. The van der Waals surface area contributed by atoms with E-state index < -0.39 is 35.2 Å². The van der Waals surface area contributed by atoms with E-state index in [0.29, 0.717) is 6.42 Å². The maximum atomic E-state index is 11.3. The number of carboxylic acids is 2. The zero-order chi connectivity index (χ0) is 24.9. The summed E-state index contributed by atoms with van der Waals surface area (Å²) in [6.45, 7) is 3.44. The molecule has 4 N–H and O–H groups in total. The number of hydrogen-bond donors (Lipinski definition) is 4. The molecule has 0 aliphatic heterocycles. The molecule has 0 saturated carbocycles. The fraction of sp³-hybridized carbons (Fsp3) is 0.560. The molecule has 0 aliphatic carbocycles. The van der Waals surface area contributed by atoms with Crippen LogP contribution in [0.4, 0.5) is 0 Å². The molecule has 3 atom stereocenters. The van der Waals surface area contributed by atoms with Crippen LogP contribution < -0.4 is 5.32 Å². The Labute approximate surface area is 201 Å². The molecular weight excluding hydrogens is 442 g/mol. The number of aliphatic carboxylic acids is 2. The Morgan fingerprint density at radius 3 is 2.33 bits per heavy atom. The molecule has 0 fully saturated rings. The minimum atomic E-state index is -1.15. The molecule has 0 aromatic heterocycles. The molecule has 0 bridgehead atoms. The highest BCUT2D eigenvalue weighted by Crippen LogP contribution is 2.21. The Kier molecular flexibility index (Phi) is 18.9. The minimum absolute atomic E-state index is 0.0421. The second kappa shape index (κ2) is 20.3. The molecule has 0 spiro atoms. The van der Waals surface area contributed by atoms with Crippen molar-refractivity contribution in [1.29, 1.82) is 0 Å². The van der Waals surface area contributed by atoms with Gasteiger partial charge in [-0.2, -0.15) is 0 Å². The van der Waals surface area contributed by atoms with Gasteiger partial charge in [-0.25, -0.2) is 4.79 Å². The van der Waals surface area contributed by atoms with E-state index in [-0.39, 0.29) is 18.6 Å². The van der Waals surface area contributed by atoms with E-state index in [1.54, 1.807) is 12.2 Å². The van der Waals surface area contributed by atoms with Gasteiger partial charge >= 0.3 is 11.9 Å². The molecule has 186 valence electrons.